The maximum absolute atomic E-state index is 12.5. The highest BCUT2D eigenvalue weighted by molar-refractivity contribution is 5.75. The number of amides is 2. The fourth-order valence-corrected chi connectivity index (χ4v) is 3.45. The van der Waals surface area contributed by atoms with Gasteiger partial charge in [0.1, 0.15) is 0 Å². The molecule has 1 aliphatic heterocycles. The number of rotatable bonds is 3. The number of benzene rings is 1. The van der Waals surface area contributed by atoms with Crippen LogP contribution < -0.4 is 5.32 Å². The molecule has 120 valence electrons. The molecule has 3 rings (SSSR count). The Morgan fingerprint density at radius 1 is 1.23 bits per heavy atom. The van der Waals surface area contributed by atoms with Gasteiger partial charge in [-0.05, 0) is 49.3 Å². The predicted octanol–water partition coefficient (Wildman–Crippen LogP) is 3.44. The van der Waals surface area contributed by atoms with Gasteiger partial charge in [-0.3, -0.25) is 0 Å². The number of piperidine rings is 1. The van der Waals surface area contributed by atoms with Gasteiger partial charge >= 0.3 is 12.2 Å². The maximum atomic E-state index is 12.5. The summed E-state index contributed by atoms with van der Waals surface area (Å²) < 4.78 is 37.4. The minimum Gasteiger partial charge on any atom is -0.338 e. The Labute approximate surface area is 127 Å². The van der Waals surface area contributed by atoms with E-state index in [9.17, 15) is 18.0 Å². The van der Waals surface area contributed by atoms with Gasteiger partial charge in [-0.1, -0.05) is 12.1 Å². The third-order valence-electron chi connectivity index (χ3n) is 4.64. The van der Waals surface area contributed by atoms with Gasteiger partial charge in [-0.25, -0.2) is 4.79 Å². The molecule has 22 heavy (non-hydrogen) atoms. The molecule has 1 aliphatic carbocycles. The smallest absolute Gasteiger partial charge is 0.338 e. The summed E-state index contributed by atoms with van der Waals surface area (Å²) in [5, 5.41) is 2.87. The van der Waals surface area contributed by atoms with Crippen molar-refractivity contribution < 1.29 is 18.0 Å². The van der Waals surface area contributed by atoms with Crippen molar-refractivity contribution in [3.63, 3.8) is 0 Å². The summed E-state index contributed by atoms with van der Waals surface area (Å²) in [6, 6.07) is 5.43. The van der Waals surface area contributed by atoms with Crippen molar-refractivity contribution >= 4 is 6.03 Å². The van der Waals surface area contributed by atoms with Crippen molar-refractivity contribution in [2.75, 3.05) is 13.1 Å². The van der Waals surface area contributed by atoms with Gasteiger partial charge in [0.05, 0.1) is 5.56 Å². The molecule has 0 spiro atoms. The van der Waals surface area contributed by atoms with Crippen LogP contribution in [-0.4, -0.2) is 30.1 Å². The van der Waals surface area contributed by atoms with Crippen LogP contribution in [0.15, 0.2) is 24.3 Å². The summed E-state index contributed by atoms with van der Waals surface area (Å²) in [5.74, 6) is 0.658. The van der Waals surface area contributed by atoms with Crippen LogP contribution in [0, 0.1) is 5.92 Å². The molecule has 1 saturated heterocycles. The minimum absolute atomic E-state index is 0.0425. The summed E-state index contributed by atoms with van der Waals surface area (Å²) in [6.45, 7) is 1.29. The van der Waals surface area contributed by atoms with E-state index in [0.29, 0.717) is 24.9 Å². The molecule has 1 N–H and O–H groups in total. The quantitative estimate of drug-likeness (QED) is 0.911. The second-order valence-corrected chi connectivity index (χ2v) is 6.16. The van der Waals surface area contributed by atoms with Crippen LogP contribution in [0.1, 0.15) is 30.4 Å². The van der Waals surface area contributed by atoms with Crippen molar-refractivity contribution in [3.8, 4) is 0 Å². The molecule has 0 radical (unpaired) electrons. The number of hydrogen-bond acceptors (Lipinski definition) is 1. The van der Waals surface area contributed by atoms with E-state index < -0.39 is 11.7 Å². The molecule has 1 aromatic rings. The molecular weight excluding hydrogens is 293 g/mol. The first-order valence-corrected chi connectivity index (χ1v) is 7.64. The van der Waals surface area contributed by atoms with E-state index in [4.69, 9.17) is 0 Å². The van der Waals surface area contributed by atoms with Crippen molar-refractivity contribution in [1.29, 1.82) is 0 Å². The topological polar surface area (TPSA) is 32.3 Å². The highest BCUT2D eigenvalue weighted by atomic mass is 19.4. The number of carbonyl (C=O) groups excluding carboxylic acids is 1. The van der Waals surface area contributed by atoms with Crippen molar-refractivity contribution in [2.45, 2.75) is 37.9 Å². The number of fused-ring (bicyclic) bond motifs is 2. The lowest BCUT2D eigenvalue weighted by molar-refractivity contribution is -0.137. The Morgan fingerprint density at radius 2 is 1.95 bits per heavy atom. The first-order valence-electron chi connectivity index (χ1n) is 7.64. The van der Waals surface area contributed by atoms with Crippen LogP contribution in [0.3, 0.4) is 0 Å². The van der Waals surface area contributed by atoms with Gasteiger partial charge in [0.15, 0.2) is 0 Å². The third-order valence-corrected chi connectivity index (χ3v) is 4.64. The molecule has 6 heteroatoms. The van der Waals surface area contributed by atoms with E-state index in [1.54, 1.807) is 0 Å². The Balaban J connectivity index is 1.46. The summed E-state index contributed by atoms with van der Waals surface area (Å²) >= 11 is 0. The summed E-state index contributed by atoms with van der Waals surface area (Å²) in [6.07, 6.45) is -0.336. The van der Waals surface area contributed by atoms with Crippen molar-refractivity contribution in [1.82, 2.24) is 10.2 Å². The second-order valence-electron chi connectivity index (χ2n) is 6.16. The van der Waals surface area contributed by atoms with Crippen LogP contribution in [0.5, 0.6) is 0 Å². The fraction of sp³-hybridized carbons (Fsp3) is 0.562. The lowest BCUT2D eigenvalue weighted by Gasteiger charge is -2.27. The zero-order valence-corrected chi connectivity index (χ0v) is 12.2. The number of halogens is 3. The van der Waals surface area contributed by atoms with Crippen molar-refractivity contribution in [2.24, 2.45) is 5.92 Å². The van der Waals surface area contributed by atoms with Gasteiger partial charge in [0, 0.05) is 19.1 Å². The van der Waals surface area contributed by atoms with Gasteiger partial charge in [-0.2, -0.15) is 13.2 Å². The molecule has 2 fully saturated rings. The van der Waals surface area contributed by atoms with Gasteiger partial charge < -0.3 is 10.2 Å². The number of hydrogen-bond donors (Lipinski definition) is 1. The summed E-state index contributed by atoms with van der Waals surface area (Å²) in [7, 11) is 0. The molecular formula is C16H19F3N2O. The highest BCUT2D eigenvalue weighted by Gasteiger charge is 2.40. The van der Waals surface area contributed by atoms with Crippen LogP contribution in [0.25, 0.3) is 0 Å². The first-order chi connectivity index (χ1) is 10.4. The van der Waals surface area contributed by atoms with Gasteiger partial charge in [0.25, 0.3) is 0 Å². The monoisotopic (exact) mass is 312 g/mol. The number of likely N-dealkylation sites (tertiary alicyclic amines) is 1. The summed E-state index contributed by atoms with van der Waals surface area (Å²) in [5.41, 5.74) is 0.143. The Kier molecular flexibility index (Phi) is 4.02. The molecule has 2 bridgehead atoms. The molecule has 1 aromatic carbocycles. The van der Waals surface area contributed by atoms with Gasteiger partial charge in [-0.15, -0.1) is 0 Å². The lowest BCUT2D eigenvalue weighted by Crippen LogP contribution is -2.44. The second kappa shape index (κ2) is 5.82. The number of urea groups is 1. The van der Waals surface area contributed by atoms with E-state index >= 15 is 0 Å². The molecule has 1 heterocycles. The normalized spacial score (nSPS) is 23.9. The third kappa shape index (κ3) is 3.20. The zero-order chi connectivity index (χ0) is 15.7. The van der Waals surface area contributed by atoms with E-state index in [-0.39, 0.29) is 6.03 Å². The van der Waals surface area contributed by atoms with Crippen molar-refractivity contribution in [3.05, 3.63) is 35.4 Å². The average molecular weight is 312 g/mol. The van der Waals surface area contributed by atoms with Gasteiger partial charge in [0.2, 0.25) is 0 Å². The number of nitrogens with zero attached hydrogens (tertiary/aromatic N) is 1. The number of nitrogens with one attached hydrogen (secondary N) is 1. The standard InChI is InChI=1S/C16H19F3N2O/c17-16(18,19)13-4-1-11(2-5-13)7-8-20-15(22)21-10-12-3-6-14(21)9-12/h1-2,4-5,12,14H,3,6-10H2,(H,20,22)/t12-,14-/m0/s1. The minimum atomic E-state index is -4.30. The number of carbonyl (C=O) groups is 1. The predicted molar refractivity (Wildman–Crippen MR) is 76.4 cm³/mol. The van der Waals surface area contributed by atoms with E-state index in [1.807, 2.05) is 4.90 Å². The molecule has 2 amide bonds. The molecule has 1 saturated carbocycles. The molecule has 0 aromatic heterocycles. The zero-order valence-electron chi connectivity index (χ0n) is 12.2. The van der Waals surface area contributed by atoms with Crippen LogP contribution in [0.4, 0.5) is 18.0 Å². The van der Waals surface area contributed by atoms with Crippen LogP contribution in [-0.2, 0) is 12.6 Å². The highest BCUT2D eigenvalue weighted by Crippen LogP contribution is 2.37. The molecule has 3 nitrogen and oxygen atoms in total. The SMILES string of the molecule is O=C(NCCc1ccc(C(F)(F)F)cc1)N1C[C@H]2CC[C@H]1C2. The lowest BCUT2D eigenvalue weighted by atomic mass is 10.1. The fourth-order valence-electron chi connectivity index (χ4n) is 3.45. The average Bonchev–Trinajstić information content (AvgIpc) is 3.09. The largest absolute Gasteiger partial charge is 0.416 e. The molecule has 2 atom stereocenters. The number of alkyl halides is 3. The Hall–Kier alpha value is -1.72. The first kappa shape index (κ1) is 15.2. The Morgan fingerprint density at radius 3 is 2.50 bits per heavy atom. The molecule has 0 unspecified atom stereocenters. The van der Waals surface area contributed by atoms with Crippen LogP contribution >= 0.6 is 0 Å². The van der Waals surface area contributed by atoms with E-state index in [1.165, 1.54) is 18.6 Å². The maximum Gasteiger partial charge on any atom is 0.416 e. The Bertz CT molecular complexity index is 541. The summed E-state index contributed by atoms with van der Waals surface area (Å²) in [4.78, 5) is 14.0. The van der Waals surface area contributed by atoms with Crippen LogP contribution in [0.2, 0.25) is 0 Å². The van der Waals surface area contributed by atoms with E-state index in [0.717, 1.165) is 37.1 Å². The van der Waals surface area contributed by atoms with E-state index in [2.05, 4.69) is 5.32 Å². The molecule has 2 aliphatic rings.